The minimum atomic E-state index is -0.414. The Balaban J connectivity index is 1.49. The van der Waals surface area contributed by atoms with E-state index in [-0.39, 0.29) is 0 Å². The van der Waals surface area contributed by atoms with Crippen LogP contribution < -0.4 is 16.2 Å². The summed E-state index contributed by atoms with van der Waals surface area (Å²) in [5, 5.41) is 5.06. The second kappa shape index (κ2) is 8.52. The van der Waals surface area contributed by atoms with Crippen molar-refractivity contribution in [1.29, 1.82) is 0 Å². The van der Waals surface area contributed by atoms with Crippen molar-refractivity contribution in [3.63, 3.8) is 0 Å². The molecule has 0 radical (unpaired) electrons. The van der Waals surface area contributed by atoms with Crippen LogP contribution in [0.25, 0.3) is 20.7 Å². The average Bonchev–Trinajstić information content (AvgIpc) is 3.39. The number of rotatable bonds is 5. The molecule has 3 aromatic heterocycles. The van der Waals surface area contributed by atoms with Crippen LogP contribution in [0.15, 0.2) is 54.2 Å². The molecule has 146 valence electrons. The van der Waals surface area contributed by atoms with Crippen LogP contribution in [-0.2, 0) is 4.74 Å². The van der Waals surface area contributed by atoms with E-state index in [4.69, 9.17) is 17.0 Å². The van der Waals surface area contributed by atoms with E-state index in [0.29, 0.717) is 21.5 Å². The smallest absolute Gasteiger partial charge is 0.350 e. The average molecular weight is 442 g/mol. The number of fused-ring (bicyclic) bond motifs is 1. The number of nitrogens with one attached hydrogen (secondary N) is 3. The van der Waals surface area contributed by atoms with Crippen LogP contribution in [0.1, 0.15) is 9.67 Å². The second-order valence-corrected chi connectivity index (χ2v) is 8.15. The zero-order chi connectivity index (χ0) is 20.2. The number of aromatic nitrogens is 2. The fourth-order valence-corrected chi connectivity index (χ4v) is 4.60. The summed E-state index contributed by atoms with van der Waals surface area (Å²) < 4.78 is 5.68. The monoisotopic (exact) mass is 441 g/mol. The maximum atomic E-state index is 11.8. The molecule has 0 spiro atoms. The normalized spacial score (nSPS) is 10.5. The van der Waals surface area contributed by atoms with Crippen LogP contribution in [0.2, 0.25) is 0 Å². The molecule has 0 aliphatic heterocycles. The summed E-state index contributed by atoms with van der Waals surface area (Å²) in [5.74, 6) is 0.202. The first kappa shape index (κ1) is 19.2. The first-order valence-corrected chi connectivity index (χ1v) is 10.5. The molecule has 0 aliphatic carbocycles. The number of ether oxygens (including phenoxy) is 1. The van der Waals surface area contributed by atoms with Gasteiger partial charge in [-0.2, -0.15) is 0 Å². The maximum Gasteiger partial charge on any atom is 0.350 e. The van der Waals surface area contributed by atoms with E-state index < -0.39 is 5.97 Å². The molecule has 0 amide bonds. The third-order valence-corrected chi connectivity index (χ3v) is 6.23. The molecule has 0 unspecified atom stereocenters. The molecule has 0 bridgehead atoms. The number of nitrogens with zero attached hydrogens (tertiary/aromatic N) is 2. The number of carbonyl (C=O) groups is 1. The molecule has 3 heterocycles. The predicted octanol–water partition coefficient (Wildman–Crippen LogP) is 4.52. The van der Waals surface area contributed by atoms with E-state index >= 15 is 0 Å². The number of thiocarbonyl (C=S) groups is 1. The van der Waals surface area contributed by atoms with Crippen LogP contribution in [0.5, 0.6) is 0 Å². The van der Waals surface area contributed by atoms with Crippen molar-refractivity contribution in [2.24, 2.45) is 0 Å². The number of hydrogen-bond donors (Lipinski definition) is 3. The molecule has 3 N–H and O–H groups in total. The molecule has 1 aromatic carbocycles. The van der Waals surface area contributed by atoms with Gasteiger partial charge in [-0.15, -0.1) is 22.7 Å². The van der Waals surface area contributed by atoms with Gasteiger partial charge in [-0.05, 0) is 35.3 Å². The topological polar surface area (TPSA) is 88.2 Å². The van der Waals surface area contributed by atoms with Crippen molar-refractivity contribution in [2.75, 3.05) is 17.9 Å². The number of benzene rings is 1. The lowest BCUT2D eigenvalue weighted by atomic mass is 10.2. The summed E-state index contributed by atoms with van der Waals surface area (Å²) in [6.07, 6.45) is 1.50. The Kier molecular flexibility index (Phi) is 5.65. The van der Waals surface area contributed by atoms with Gasteiger partial charge >= 0.3 is 5.97 Å². The van der Waals surface area contributed by atoms with Crippen molar-refractivity contribution < 1.29 is 9.53 Å². The van der Waals surface area contributed by atoms with E-state index in [2.05, 4.69) is 38.3 Å². The maximum absolute atomic E-state index is 11.8. The lowest BCUT2D eigenvalue weighted by Gasteiger charge is -2.12. The van der Waals surface area contributed by atoms with Gasteiger partial charge in [0.1, 0.15) is 11.2 Å². The minimum absolute atomic E-state index is 0.292. The van der Waals surface area contributed by atoms with Gasteiger partial charge < -0.3 is 10.1 Å². The van der Waals surface area contributed by atoms with E-state index in [9.17, 15) is 4.79 Å². The fourth-order valence-electron chi connectivity index (χ4n) is 2.62. The van der Waals surface area contributed by atoms with Gasteiger partial charge in [-0.25, -0.2) is 14.8 Å². The molecule has 0 saturated heterocycles. The standard InChI is InChI=1S/C19H15N5O2S3/c1-26-18(25)16-12(7-8-28-16)22-19(27)24-23-17-15-13(20-10-21-17)9-14(29-15)11-5-3-2-4-6-11/h2-10H,1H3,(H,20,21,23)(H2,22,24,27). The Morgan fingerprint density at radius 3 is 2.79 bits per heavy atom. The van der Waals surface area contributed by atoms with Crippen LogP contribution in [0.4, 0.5) is 11.5 Å². The summed E-state index contributed by atoms with van der Waals surface area (Å²) >= 11 is 8.19. The van der Waals surface area contributed by atoms with Crippen LogP contribution >= 0.6 is 34.9 Å². The number of methoxy groups -OCH3 is 1. The molecule has 0 aliphatic rings. The lowest BCUT2D eigenvalue weighted by molar-refractivity contribution is 0.0607. The number of carbonyl (C=O) groups excluding carboxylic acids is 1. The third kappa shape index (κ3) is 4.19. The molecular weight excluding hydrogens is 426 g/mol. The highest BCUT2D eigenvalue weighted by molar-refractivity contribution is 7.80. The molecule has 0 saturated carbocycles. The van der Waals surface area contributed by atoms with Crippen molar-refractivity contribution in [3.05, 3.63) is 59.0 Å². The highest BCUT2D eigenvalue weighted by Gasteiger charge is 2.15. The zero-order valence-corrected chi connectivity index (χ0v) is 17.6. The largest absolute Gasteiger partial charge is 0.465 e. The number of thiophene rings is 2. The van der Waals surface area contributed by atoms with E-state index in [0.717, 1.165) is 20.7 Å². The van der Waals surface area contributed by atoms with Gasteiger partial charge in [-0.1, -0.05) is 30.3 Å². The second-order valence-electron chi connectivity index (χ2n) is 5.77. The zero-order valence-electron chi connectivity index (χ0n) is 15.1. The van der Waals surface area contributed by atoms with Gasteiger partial charge in [0.2, 0.25) is 0 Å². The van der Waals surface area contributed by atoms with E-state index in [1.165, 1.54) is 24.8 Å². The first-order chi connectivity index (χ1) is 14.2. The van der Waals surface area contributed by atoms with E-state index in [1.54, 1.807) is 22.8 Å². The Morgan fingerprint density at radius 2 is 2.00 bits per heavy atom. The summed E-state index contributed by atoms with van der Waals surface area (Å²) in [4.78, 5) is 22.0. The van der Waals surface area contributed by atoms with Crippen molar-refractivity contribution >= 4 is 67.7 Å². The molecule has 10 heteroatoms. The van der Waals surface area contributed by atoms with Gasteiger partial charge in [0, 0.05) is 4.88 Å². The molecule has 4 aromatic rings. The fraction of sp³-hybridized carbons (Fsp3) is 0.0526. The molecule has 4 rings (SSSR count). The predicted molar refractivity (Wildman–Crippen MR) is 121 cm³/mol. The highest BCUT2D eigenvalue weighted by Crippen LogP contribution is 2.35. The van der Waals surface area contributed by atoms with E-state index in [1.807, 2.05) is 24.3 Å². The minimum Gasteiger partial charge on any atom is -0.465 e. The summed E-state index contributed by atoms with van der Waals surface area (Å²) in [6.45, 7) is 0. The number of hydrazine groups is 1. The number of anilines is 2. The Morgan fingerprint density at radius 1 is 1.17 bits per heavy atom. The van der Waals surface area contributed by atoms with Crippen LogP contribution in [-0.4, -0.2) is 28.2 Å². The van der Waals surface area contributed by atoms with Crippen molar-refractivity contribution in [1.82, 2.24) is 15.4 Å². The number of hydrogen-bond acceptors (Lipinski definition) is 8. The van der Waals surface area contributed by atoms with Crippen LogP contribution in [0, 0.1) is 0 Å². The Bertz CT molecular complexity index is 1170. The summed E-state index contributed by atoms with van der Waals surface area (Å²) in [6, 6.07) is 13.9. The summed E-state index contributed by atoms with van der Waals surface area (Å²) in [7, 11) is 1.34. The van der Waals surface area contributed by atoms with Crippen LogP contribution in [0.3, 0.4) is 0 Å². The lowest BCUT2D eigenvalue weighted by Crippen LogP contribution is -2.34. The van der Waals surface area contributed by atoms with Gasteiger partial charge in [0.25, 0.3) is 0 Å². The number of esters is 1. The van der Waals surface area contributed by atoms with Gasteiger partial charge in [0.05, 0.1) is 23.0 Å². The molecule has 0 fully saturated rings. The summed E-state index contributed by atoms with van der Waals surface area (Å²) in [5.41, 5.74) is 8.47. The molecular formula is C19H15N5O2S3. The molecule has 29 heavy (non-hydrogen) atoms. The third-order valence-electron chi connectivity index (χ3n) is 3.95. The molecule has 7 nitrogen and oxygen atoms in total. The van der Waals surface area contributed by atoms with Gasteiger partial charge in [0.15, 0.2) is 10.9 Å². The Hall–Kier alpha value is -3.08. The molecule has 0 atom stereocenters. The van der Waals surface area contributed by atoms with Crippen molar-refractivity contribution in [2.45, 2.75) is 0 Å². The SMILES string of the molecule is COC(=O)c1sccc1NC(=S)NNc1ncnc2cc(-c3ccccc3)sc12. The Labute approximate surface area is 179 Å². The van der Waals surface area contributed by atoms with Gasteiger partial charge in [-0.3, -0.25) is 10.9 Å². The van der Waals surface area contributed by atoms with Crippen molar-refractivity contribution in [3.8, 4) is 10.4 Å². The highest BCUT2D eigenvalue weighted by atomic mass is 32.1. The quantitative estimate of drug-likeness (QED) is 0.237. The first-order valence-electron chi connectivity index (χ1n) is 8.44.